The highest BCUT2D eigenvalue weighted by molar-refractivity contribution is 7.71. The van der Waals surface area contributed by atoms with Gasteiger partial charge in [-0.1, -0.05) is 6.92 Å². The smallest absolute Gasteiger partial charge is 0.203 e. The number of nitrogen functional groups attached to an aromatic ring is 1. The van der Waals surface area contributed by atoms with Crippen LogP contribution < -0.4 is 5.73 Å². The van der Waals surface area contributed by atoms with Gasteiger partial charge in [-0.3, -0.25) is 4.57 Å². The number of aliphatic hydroxyl groups is 2. The Morgan fingerprint density at radius 1 is 1.65 bits per heavy atom. The fourth-order valence-corrected chi connectivity index (χ4v) is 2.25. The van der Waals surface area contributed by atoms with Crippen molar-refractivity contribution in [2.75, 3.05) is 12.3 Å². The third-order valence-electron chi connectivity index (χ3n) is 2.99. The Bertz CT molecular complexity index is 464. The summed E-state index contributed by atoms with van der Waals surface area (Å²) in [6.45, 7) is 1.61. The molecular formula is C10H15N3O3S. The number of hydrogen-bond acceptors (Lipinski definition) is 6. The van der Waals surface area contributed by atoms with Crippen LogP contribution in [0.2, 0.25) is 0 Å². The van der Waals surface area contributed by atoms with Gasteiger partial charge in [0, 0.05) is 12.1 Å². The first kappa shape index (κ1) is 12.4. The van der Waals surface area contributed by atoms with Gasteiger partial charge in [0.2, 0.25) is 4.77 Å². The first-order valence-corrected chi connectivity index (χ1v) is 5.74. The van der Waals surface area contributed by atoms with Gasteiger partial charge in [-0.15, -0.1) is 0 Å². The molecule has 4 N–H and O–H groups in total. The summed E-state index contributed by atoms with van der Waals surface area (Å²) in [5.41, 5.74) is 5.52. The Hall–Kier alpha value is -1.02. The van der Waals surface area contributed by atoms with Gasteiger partial charge in [0.05, 0.1) is 12.7 Å². The van der Waals surface area contributed by atoms with Gasteiger partial charge in [-0.2, -0.15) is 0 Å². The Labute approximate surface area is 104 Å². The standard InChI is InChI=1S/C10H15N3O3S/c1-5-8(15)6(4-14)16-9(5)13-3-2-7(11)12-10(13)17/h2-3,5-6,8-9,14-15H,4H2,1H3,(H2,11,12,17)/t5?,6-,8-,9-/m1/s1. The van der Waals surface area contributed by atoms with Gasteiger partial charge < -0.3 is 20.7 Å². The van der Waals surface area contributed by atoms with Crippen LogP contribution in [-0.2, 0) is 4.74 Å². The molecule has 94 valence electrons. The molecule has 2 heterocycles. The number of rotatable bonds is 2. The largest absolute Gasteiger partial charge is 0.394 e. The van der Waals surface area contributed by atoms with Crippen molar-refractivity contribution in [3.8, 4) is 0 Å². The van der Waals surface area contributed by atoms with Crippen molar-refractivity contribution in [1.29, 1.82) is 0 Å². The molecule has 0 radical (unpaired) electrons. The van der Waals surface area contributed by atoms with Gasteiger partial charge in [0.1, 0.15) is 18.1 Å². The highest BCUT2D eigenvalue weighted by Gasteiger charge is 2.41. The van der Waals surface area contributed by atoms with Crippen molar-refractivity contribution in [1.82, 2.24) is 9.55 Å². The maximum atomic E-state index is 9.86. The molecule has 7 heteroatoms. The molecule has 6 nitrogen and oxygen atoms in total. The van der Waals surface area contributed by atoms with Crippen molar-refractivity contribution in [2.24, 2.45) is 5.92 Å². The van der Waals surface area contributed by atoms with E-state index in [1.54, 1.807) is 16.8 Å². The van der Waals surface area contributed by atoms with Gasteiger partial charge >= 0.3 is 0 Å². The van der Waals surface area contributed by atoms with Crippen LogP contribution in [0.5, 0.6) is 0 Å². The molecule has 2 rings (SSSR count). The van der Waals surface area contributed by atoms with Crippen molar-refractivity contribution < 1.29 is 14.9 Å². The topological polar surface area (TPSA) is 93.5 Å². The SMILES string of the molecule is CC1[C@@H](O)[C@@H](CO)O[C@H]1n1ccc(N)nc1=S. The van der Waals surface area contributed by atoms with Gasteiger partial charge in [0.25, 0.3) is 0 Å². The second-order valence-corrected chi connectivity index (χ2v) is 4.50. The summed E-state index contributed by atoms with van der Waals surface area (Å²) in [5.74, 6) is 0.167. The molecule has 4 atom stereocenters. The molecule has 1 aromatic heterocycles. The normalized spacial score (nSPS) is 32.9. The molecule has 0 aromatic carbocycles. The minimum Gasteiger partial charge on any atom is -0.394 e. The van der Waals surface area contributed by atoms with E-state index in [9.17, 15) is 5.11 Å². The second kappa shape index (κ2) is 4.69. The summed E-state index contributed by atoms with van der Waals surface area (Å²) >= 11 is 5.09. The molecular weight excluding hydrogens is 242 g/mol. The number of anilines is 1. The molecule has 0 aliphatic carbocycles. The van der Waals surface area contributed by atoms with E-state index in [1.807, 2.05) is 6.92 Å². The van der Waals surface area contributed by atoms with E-state index in [0.717, 1.165) is 0 Å². The predicted molar refractivity (Wildman–Crippen MR) is 63.6 cm³/mol. The van der Waals surface area contributed by atoms with E-state index in [4.69, 9.17) is 27.8 Å². The van der Waals surface area contributed by atoms with Crippen LogP contribution >= 0.6 is 12.2 Å². The Balaban J connectivity index is 2.32. The number of aromatic nitrogens is 2. The monoisotopic (exact) mass is 257 g/mol. The Morgan fingerprint density at radius 3 is 2.88 bits per heavy atom. The molecule has 0 amide bonds. The van der Waals surface area contributed by atoms with Gasteiger partial charge in [0.15, 0.2) is 0 Å². The van der Waals surface area contributed by atoms with E-state index >= 15 is 0 Å². The minimum atomic E-state index is -0.718. The van der Waals surface area contributed by atoms with Crippen molar-refractivity contribution in [3.63, 3.8) is 0 Å². The third kappa shape index (κ3) is 2.19. The van der Waals surface area contributed by atoms with Crippen molar-refractivity contribution in [3.05, 3.63) is 17.0 Å². The van der Waals surface area contributed by atoms with Crippen LogP contribution in [0.15, 0.2) is 12.3 Å². The molecule has 0 bridgehead atoms. The summed E-state index contributed by atoms with van der Waals surface area (Å²) in [6, 6.07) is 1.62. The maximum absolute atomic E-state index is 9.86. The Morgan fingerprint density at radius 2 is 2.35 bits per heavy atom. The summed E-state index contributed by atoms with van der Waals surface area (Å²) < 4.78 is 7.49. The maximum Gasteiger partial charge on any atom is 0.203 e. The van der Waals surface area contributed by atoms with Crippen LogP contribution in [-0.4, -0.2) is 38.6 Å². The van der Waals surface area contributed by atoms with E-state index in [2.05, 4.69) is 4.98 Å². The van der Waals surface area contributed by atoms with E-state index in [-0.39, 0.29) is 12.5 Å². The summed E-state index contributed by atoms with van der Waals surface area (Å²) in [7, 11) is 0. The van der Waals surface area contributed by atoms with E-state index < -0.39 is 18.4 Å². The number of nitrogens with two attached hydrogens (primary N) is 1. The molecule has 17 heavy (non-hydrogen) atoms. The highest BCUT2D eigenvalue weighted by Crippen LogP contribution is 2.34. The fourth-order valence-electron chi connectivity index (χ4n) is 1.98. The zero-order valence-corrected chi connectivity index (χ0v) is 10.2. The van der Waals surface area contributed by atoms with Crippen LogP contribution in [0.3, 0.4) is 0 Å². The number of ether oxygens (including phenoxy) is 1. The van der Waals surface area contributed by atoms with Crippen LogP contribution in [0.4, 0.5) is 5.82 Å². The molecule has 1 aliphatic rings. The first-order valence-electron chi connectivity index (χ1n) is 5.33. The molecule has 0 saturated carbocycles. The second-order valence-electron chi connectivity index (χ2n) is 4.14. The van der Waals surface area contributed by atoms with Crippen LogP contribution in [0, 0.1) is 10.7 Å². The quantitative estimate of drug-likeness (QED) is 0.650. The predicted octanol–water partition coefficient (Wildman–Crippen LogP) is 0.0815. The molecule has 1 aromatic rings. The molecule has 1 saturated heterocycles. The lowest BCUT2D eigenvalue weighted by atomic mass is 10.0. The summed E-state index contributed by atoms with van der Waals surface area (Å²) in [6.07, 6.45) is -0.0557. The van der Waals surface area contributed by atoms with Gasteiger partial charge in [-0.05, 0) is 18.3 Å². The van der Waals surface area contributed by atoms with Gasteiger partial charge in [-0.25, -0.2) is 4.98 Å². The third-order valence-corrected chi connectivity index (χ3v) is 3.29. The minimum absolute atomic E-state index is 0.177. The average Bonchev–Trinajstić information content (AvgIpc) is 2.57. The van der Waals surface area contributed by atoms with Crippen molar-refractivity contribution >= 4 is 18.0 Å². The van der Waals surface area contributed by atoms with E-state index in [1.165, 1.54) is 0 Å². The van der Waals surface area contributed by atoms with Crippen LogP contribution in [0.25, 0.3) is 0 Å². The molecule has 1 fully saturated rings. The van der Waals surface area contributed by atoms with Crippen molar-refractivity contribution in [2.45, 2.75) is 25.4 Å². The highest BCUT2D eigenvalue weighted by atomic mass is 32.1. The zero-order valence-electron chi connectivity index (χ0n) is 9.35. The lowest BCUT2D eigenvalue weighted by molar-refractivity contribution is -0.0469. The van der Waals surface area contributed by atoms with Crippen LogP contribution in [0.1, 0.15) is 13.2 Å². The Kier molecular flexibility index (Phi) is 3.43. The fraction of sp³-hybridized carbons (Fsp3) is 0.600. The molecule has 1 aliphatic heterocycles. The summed E-state index contributed by atoms with van der Waals surface area (Å²) in [4.78, 5) is 3.96. The number of nitrogens with zero attached hydrogens (tertiary/aromatic N) is 2. The lowest BCUT2D eigenvalue weighted by Crippen LogP contribution is -2.28. The lowest BCUT2D eigenvalue weighted by Gasteiger charge is -2.18. The number of aliphatic hydroxyl groups excluding tert-OH is 2. The summed E-state index contributed by atoms with van der Waals surface area (Å²) in [5, 5.41) is 18.9. The average molecular weight is 257 g/mol. The first-order chi connectivity index (χ1) is 8.04. The molecule has 0 spiro atoms. The molecule has 1 unspecified atom stereocenters. The van der Waals surface area contributed by atoms with E-state index in [0.29, 0.717) is 10.6 Å². The number of hydrogen-bond donors (Lipinski definition) is 3. The zero-order chi connectivity index (χ0) is 12.6.